The van der Waals surface area contributed by atoms with Crippen LogP contribution in [0.25, 0.3) is 0 Å². The molecule has 1 unspecified atom stereocenters. The van der Waals surface area contributed by atoms with Crippen molar-refractivity contribution >= 4 is 21.7 Å². The molecule has 0 heterocycles. The smallest absolute Gasteiger partial charge is 0.293 e. The fourth-order valence-electron chi connectivity index (χ4n) is 1.33. The Bertz CT molecular complexity index is 465. The summed E-state index contributed by atoms with van der Waals surface area (Å²) in [4.78, 5) is 9.99. The molecule has 0 aliphatic rings. The van der Waals surface area contributed by atoms with Crippen LogP contribution in [0.1, 0.15) is 22.3 Å². The highest BCUT2D eigenvalue weighted by Gasteiger charge is 2.35. The second-order valence-electron chi connectivity index (χ2n) is 3.73. The summed E-state index contributed by atoms with van der Waals surface area (Å²) in [6.07, 6.45) is -10.7. The number of Topliss-reactive ketones (excluding diaryl/α,β-unsaturated/α-hetero) is 1. The molecule has 19 heavy (non-hydrogen) atoms. The van der Waals surface area contributed by atoms with Crippen molar-refractivity contribution < 1.29 is 31.1 Å². The highest BCUT2D eigenvalue weighted by atomic mass is 79.9. The van der Waals surface area contributed by atoms with Gasteiger partial charge in [-0.3, -0.25) is 4.79 Å². The summed E-state index contributed by atoms with van der Waals surface area (Å²) in [6.45, 7) is 0. The standard InChI is InChI=1S/C11H7BrF6O/c12-8(5-10(13,14)15)9(19)6-2-1-3-7(4-6)11(16,17)18/h1-4,8H,5H2. The van der Waals surface area contributed by atoms with Gasteiger partial charge in [-0.2, -0.15) is 26.3 Å². The number of carbonyl (C=O) groups is 1. The molecule has 0 saturated heterocycles. The third kappa shape index (κ3) is 4.85. The van der Waals surface area contributed by atoms with Gasteiger partial charge in [0.15, 0.2) is 5.78 Å². The minimum atomic E-state index is -4.65. The molecule has 1 aromatic rings. The number of hydrogen-bond acceptors (Lipinski definition) is 1. The summed E-state index contributed by atoms with van der Waals surface area (Å²) >= 11 is 2.54. The first-order valence-corrected chi connectivity index (χ1v) is 5.84. The first kappa shape index (κ1) is 16.0. The molecule has 0 aromatic heterocycles. The van der Waals surface area contributed by atoms with Crippen molar-refractivity contribution in [2.45, 2.75) is 23.6 Å². The van der Waals surface area contributed by atoms with E-state index >= 15 is 0 Å². The Hall–Kier alpha value is -1.05. The Morgan fingerprint density at radius 2 is 1.74 bits per heavy atom. The van der Waals surface area contributed by atoms with Gasteiger partial charge in [-0.25, -0.2) is 0 Å². The van der Waals surface area contributed by atoms with Crippen molar-refractivity contribution in [1.29, 1.82) is 0 Å². The van der Waals surface area contributed by atoms with Gasteiger partial charge in [0.2, 0.25) is 0 Å². The van der Waals surface area contributed by atoms with Crippen LogP contribution >= 0.6 is 15.9 Å². The third-order valence-corrected chi connectivity index (χ3v) is 2.91. The molecule has 0 radical (unpaired) electrons. The zero-order valence-electron chi connectivity index (χ0n) is 9.15. The van der Waals surface area contributed by atoms with Gasteiger partial charge in [-0.1, -0.05) is 28.1 Å². The maximum absolute atomic E-state index is 12.4. The minimum absolute atomic E-state index is 0.416. The molecule has 1 aromatic carbocycles. The van der Waals surface area contributed by atoms with Crippen molar-refractivity contribution in [2.75, 3.05) is 0 Å². The number of rotatable bonds is 3. The van der Waals surface area contributed by atoms with E-state index in [9.17, 15) is 31.1 Å². The van der Waals surface area contributed by atoms with E-state index in [0.717, 1.165) is 18.2 Å². The second kappa shape index (κ2) is 5.52. The van der Waals surface area contributed by atoms with E-state index < -0.39 is 40.5 Å². The molecule has 1 nitrogen and oxygen atoms in total. The van der Waals surface area contributed by atoms with Crippen LogP contribution < -0.4 is 0 Å². The molecule has 0 fully saturated rings. The maximum atomic E-state index is 12.4. The molecule has 0 aliphatic heterocycles. The van der Waals surface area contributed by atoms with Gasteiger partial charge >= 0.3 is 12.4 Å². The van der Waals surface area contributed by atoms with E-state index in [1.165, 1.54) is 0 Å². The van der Waals surface area contributed by atoms with Gasteiger partial charge < -0.3 is 0 Å². The van der Waals surface area contributed by atoms with Crippen molar-refractivity contribution in [3.05, 3.63) is 35.4 Å². The SMILES string of the molecule is O=C(c1cccc(C(F)(F)F)c1)C(Br)CC(F)(F)F. The van der Waals surface area contributed by atoms with E-state index in [0.29, 0.717) is 6.07 Å². The predicted molar refractivity (Wildman–Crippen MR) is 59.2 cm³/mol. The number of halogens is 7. The topological polar surface area (TPSA) is 17.1 Å². The summed E-state index contributed by atoms with van der Waals surface area (Å²) in [5.41, 5.74) is -1.49. The molecule has 106 valence electrons. The average molecular weight is 349 g/mol. The fraction of sp³-hybridized carbons (Fsp3) is 0.364. The highest BCUT2D eigenvalue weighted by molar-refractivity contribution is 9.10. The first-order chi connectivity index (χ1) is 8.50. The lowest BCUT2D eigenvalue weighted by molar-refractivity contribution is -0.137. The number of hydrogen-bond donors (Lipinski definition) is 0. The molecule has 0 N–H and O–H groups in total. The van der Waals surface area contributed by atoms with E-state index in [4.69, 9.17) is 0 Å². The molecular formula is C11H7BrF6O. The fourth-order valence-corrected chi connectivity index (χ4v) is 1.96. The number of ketones is 1. The van der Waals surface area contributed by atoms with Gasteiger partial charge in [-0.05, 0) is 12.1 Å². The summed E-state index contributed by atoms with van der Waals surface area (Å²) in [5, 5.41) is 0. The average Bonchev–Trinajstić information content (AvgIpc) is 2.24. The van der Waals surface area contributed by atoms with Gasteiger partial charge in [-0.15, -0.1) is 0 Å². The molecule has 0 spiro atoms. The molecule has 8 heteroatoms. The Morgan fingerprint density at radius 3 is 2.21 bits per heavy atom. The summed E-state index contributed by atoms with van der Waals surface area (Å²) < 4.78 is 73.5. The van der Waals surface area contributed by atoms with Crippen molar-refractivity contribution in [2.24, 2.45) is 0 Å². The van der Waals surface area contributed by atoms with Gasteiger partial charge in [0.25, 0.3) is 0 Å². The largest absolute Gasteiger partial charge is 0.416 e. The lowest BCUT2D eigenvalue weighted by Crippen LogP contribution is -2.23. The zero-order valence-corrected chi connectivity index (χ0v) is 10.7. The Morgan fingerprint density at radius 1 is 1.16 bits per heavy atom. The molecule has 0 saturated carbocycles. The van der Waals surface area contributed by atoms with Gasteiger partial charge in [0, 0.05) is 5.56 Å². The molecule has 0 bridgehead atoms. The summed E-state index contributed by atoms with van der Waals surface area (Å²) in [5.74, 6) is -1.04. The van der Waals surface area contributed by atoms with Crippen LogP contribution in [0, 0.1) is 0 Å². The maximum Gasteiger partial charge on any atom is 0.416 e. The van der Waals surface area contributed by atoms with Crippen LogP contribution in [-0.4, -0.2) is 16.8 Å². The lowest BCUT2D eigenvalue weighted by Gasteiger charge is -2.13. The van der Waals surface area contributed by atoms with Gasteiger partial charge in [0.1, 0.15) is 0 Å². The molecule has 0 amide bonds. The van der Waals surface area contributed by atoms with Crippen LogP contribution in [0.15, 0.2) is 24.3 Å². The van der Waals surface area contributed by atoms with Crippen molar-refractivity contribution in [3.8, 4) is 0 Å². The zero-order chi connectivity index (χ0) is 14.8. The number of benzene rings is 1. The second-order valence-corrected chi connectivity index (χ2v) is 4.83. The normalized spacial score (nSPS) is 14.3. The van der Waals surface area contributed by atoms with E-state index in [-0.39, 0.29) is 0 Å². The Labute approximate surface area is 112 Å². The van der Waals surface area contributed by atoms with Gasteiger partial charge in [0.05, 0.1) is 16.8 Å². The van der Waals surface area contributed by atoms with Crippen LogP contribution in [-0.2, 0) is 6.18 Å². The minimum Gasteiger partial charge on any atom is -0.293 e. The molecular weight excluding hydrogens is 342 g/mol. The third-order valence-electron chi connectivity index (χ3n) is 2.17. The Kier molecular flexibility index (Phi) is 4.65. The van der Waals surface area contributed by atoms with Crippen LogP contribution in [0.2, 0.25) is 0 Å². The molecule has 1 rings (SSSR count). The number of alkyl halides is 7. The quantitative estimate of drug-likeness (QED) is 0.443. The highest BCUT2D eigenvalue weighted by Crippen LogP contribution is 2.31. The van der Waals surface area contributed by atoms with E-state index in [1.807, 2.05) is 0 Å². The number of carbonyl (C=O) groups excluding carboxylic acids is 1. The van der Waals surface area contributed by atoms with E-state index in [1.54, 1.807) is 0 Å². The predicted octanol–water partition coefficient (Wildman–Crippen LogP) is 4.60. The van der Waals surface area contributed by atoms with E-state index in [2.05, 4.69) is 15.9 Å². The van der Waals surface area contributed by atoms with Crippen molar-refractivity contribution in [3.63, 3.8) is 0 Å². The Balaban J connectivity index is 2.95. The van der Waals surface area contributed by atoms with Crippen LogP contribution in [0.3, 0.4) is 0 Å². The van der Waals surface area contributed by atoms with Crippen molar-refractivity contribution in [1.82, 2.24) is 0 Å². The molecule has 0 aliphatic carbocycles. The van der Waals surface area contributed by atoms with Crippen LogP contribution in [0.4, 0.5) is 26.3 Å². The first-order valence-electron chi connectivity index (χ1n) is 4.93. The lowest BCUT2D eigenvalue weighted by atomic mass is 10.0. The molecule has 1 atom stereocenters. The summed E-state index contributed by atoms with van der Waals surface area (Å²) in [7, 11) is 0. The summed E-state index contributed by atoms with van der Waals surface area (Å²) in [6, 6.07) is 3.29. The van der Waals surface area contributed by atoms with Crippen LogP contribution in [0.5, 0.6) is 0 Å². The monoisotopic (exact) mass is 348 g/mol.